The van der Waals surface area contributed by atoms with Gasteiger partial charge in [-0.1, -0.05) is 0 Å². The van der Waals surface area contributed by atoms with E-state index in [0.717, 1.165) is 5.92 Å². The van der Waals surface area contributed by atoms with Crippen LogP contribution < -0.4 is 0 Å². The van der Waals surface area contributed by atoms with Crippen LogP contribution in [0.2, 0.25) is 0 Å². The molecule has 0 aromatic heterocycles. The van der Waals surface area contributed by atoms with Gasteiger partial charge in [-0.15, -0.1) is 6.92 Å². The maximum absolute atomic E-state index is 9.00. The van der Waals surface area contributed by atoms with Crippen molar-refractivity contribution in [1.29, 1.82) is 0 Å². The minimum absolute atomic E-state index is 0.316. The molecule has 0 aliphatic carbocycles. The Kier molecular flexibility index (Phi) is 1.76. The Morgan fingerprint density at radius 2 is 2.50 bits per heavy atom. The molecule has 0 amide bonds. The van der Waals surface area contributed by atoms with Crippen LogP contribution in [0.15, 0.2) is 0 Å². The van der Waals surface area contributed by atoms with E-state index >= 15 is 0 Å². The third kappa shape index (κ3) is 1.14. The van der Waals surface area contributed by atoms with Crippen molar-refractivity contribution >= 4 is 0 Å². The maximum Gasteiger partial charge on any atom is 0.170 e. The fraction of sp³-hybridized carbons (Fsp3) is 0.667. The van der Waals surface area contributed by atoms with E-state index < -0.39 is 0 Å². The van der Waals surface area contributed by atoms with Gasteiger partial charge in [0, 0.05) is 6.42 Å². The first-order chi connectivity index (χ1) is 3.80. The fourth-order valence-electron chi connectivity index (χ4n) is 0.699. The van der Waals surface area contributed by atoms with E-state index in [2.05, 4.69) is 6.92 Å². The molecule has 0 unspecified atom stereocenters. The van der Waals surface area contributed by atoms with Crippen molar-refractivity contribution in [2.24, 2.45) is 0 Å². The standard InChI is InChI=1S/C6H10O2/c1-5-4-8-3-2-6(5)7/h6-7H,1-4H2/t6-/m0/s1. The van der Waals surface area contributed by atoms with Gasteiger partial charge in [-0.25, -0.2) is 0 Å². The lowest BCUT2D eigenvalue weighted by Crippen LogP contribution is -2.27. The summed E-state index contributed by atoms with van der Waals surface area (Å²) in [4.78, 5) is 0. The zero-order valence-electron chi connectivity index (χ0n) is 4.76. The summed E-state index contributed by atoms with van der Waals surface area (Å²) in [5.74, 6) is 0.802. The second-order valence-electron chi connectivity index (χ2n) is 2.02. The lowest BCUT2D eigenvalue weighted by atomic mass is 10.0. The zero-order valence-corrected chi connectivity index (χ0v) is 4.76. The highest BCUT2D eigenvalue weighted by atomic mass is 16.5. The van der Waals surface area contributed by atoms with Gasteiger partial charge in [0.25, 0.3) is 0 Å². The second-order valence-corrected chi connectivity index (χ2v) is 2.02. The summed E-state index contributed by atoms with van der Waals surface area (Å²) in [5, 5.41) is 9.00. The summed E-state index contributed by atoms with van der Waals surface area (Å²) >= 11 is 0. The molecule has 2 nitrogen and oxygen atoms in total. The first kappa shape index (κ1) is 5.92. The van der Waals surface area contributed by atoms with E-state index in [-0.39, 0.29) is 6.10 Å². The first-order valence-electron chi connectivity index (χ1n) is 2.74. The molecule has 1 aliphatic heterocycles. The monoisotopic (exact) mass is 114 g/mol. The molecule has 1 fully saturated rings. The molecule has 1 aliphatic rings. The molecular formula is C6H10O2. The number of ether oxygens (including phenoxy) is 1. The van der Waals surface area contributed by atoms with Gasteiger partial charge in [-0.3, -0.25) is 0 Å². The summed E-state index contributed by atoms with van der Waals surface area (Å²) in [6.45, 7) is 4.82. The number of rotatable bonds is 0. The average molecular weight is 114 g/mol. The summed E-state index contributed by atoms with van der Waals surface area (Å²) in [6.07, 6.45) is 0.391. The zero-order chi connectivity index (χ0) is 5.98. The van der Waals surface area contributed by atoms with Crippen LogP contribution >= 0.6 is 0 Å². The molecule has 1 heterocycles. The molecule has 0 spiro atoms. The first-order valence-corrected chi connectivity index (χ1v) is 2.74. The Morgan fingerprint density at radius 1 is 1.75 bits per heavy atom. The molecule has 1 atom stereocenters. The van der Waals surface area contributed by atoms with E-state index in [1.165, 1.54) is 0 Å². The SMILES string of the molecule is [CH2-][C+]1COCC[C@@H]1O. The smallest absolute Gasteiger partial charge is 0.170 e. The van der Waals surface area contributed by atoms with Gasteiger partial charge < -0.3 is 9.84 Å². The molecule has 1 N–H and O–H groups in total. The highest BCUT2D eigenvalue weighted by Gasteiger charge is 2.22. The molecular weight excluding hydrogens is 104 g/mol. The van der Waals surface area contributed by atoms with Crippen molar-refractivity contribution in [2.45, 2.75) is 12.5 Å². The number of aliphatic hydroxyl groups is 1. The van der Waals surface area contributed by atoms with E-state index in [1.807, 2.05) is 0 Å². The highest BCUT2D eigenvalue weighted by molar-refractivity contribution is 5.01. The van der Waals surface area contributed by atoms with E-state index in [0.29, 0.717) is 19.6 Å². The third-order valence-corrected chi connectivity index (χ3v) is 1.29. The molecule has 46 valence electrons. The van der Waals surface area contributed by atoms with Crippen molar-refractivity contribution in [3.63, 3.8) is 0 Å². The molecule has 1 rings (SSSR count). The van der Waals surface area contributed by atoms with Crippen LogP contribution in [0.3, 0.4) is 0 Å². The lowest BCUT2D eigenvalue weighted by Gasteiger charge is -2.19. The summed E-state index contributed by atoms with van der Waals surface area (Å²) < 4.78 is 4.99. The van der Waals surface area contributed by atoms with Gasteiger partial charge in [0.15, 0.2) is 12.7 Å². The van der Waals surface area contributed by atoms with Gasteiger partial charge in [-0.05, 0) is 5.92 Å². The predicted octanol–water partition coefficient (Wildman–Crippen LogP) is 0.176. The third-order valence-electron chi connectivity index (χ3n) is 1.29. The van der Waals surface area contributed by atoms with Gasteiger partial charge in [0.05, 0.1) is 6.61 Å². The van der Waals surface area contributed by atoms with E-state index in [4.69, 9.17) is 9.84 Å². The van der Waals surface area contributed by atoms with Crippen molar-refractivity contribution in [3.8, 4) is 0 Å². The van der Waals surface area contributed by atoms with E-state index in [1.54, 1.807) is 0 Å². The molecule has 2 heteroatoms. The molecule has 1 saturated heterocycles. The van der Waals surface area contributed by atoms with Gasteiger partial charge in [-0.2, -0.15) is 0 Å². The van der Waals surface area contributed by atoms with Crippen LogP contribution in [0.25, 0.3) is 0 Å². The van der Waals surface area contributed by atoms with Crippen molar-refractivity contribution in [3.05, 3.63) is 12.8 Å². The molecule has 0 radical (unpaired) electrons. The van der Waals surface area contributed by atoms with Crippen molar-refractivity contribution < 1.29 is 9.84 Å². The van der Waals surface area contributed by atoms with Crippen molar-refractivity contribution in [1.82, 2.24) is 0 Å². The Labute approximate surface area is 49.5 Å². The van der Waals surface area contributed by atoms with Gasteiger partial charge >= 0.3 is 0 Å². The molecule has 8 heavy (non-hydrogen) atoms. The van der Waals surface area contributed by atoms with Crippen LogP contribution in [0, 0.1) is 12.8 Å². The van der Waals surface area contributed by atoms with Crippen LogP contribution in [-0.4, -0.2) is 24.4 Å². The van der Waals surface area contributed by atoms with Crippen LogP contribution in [-0.2, 0) is 4.74 Å². The quantitative estimate of drug-likeness (QED) is 0.455. The molecule has 0 bridgehead atoms. The van der Waals surface area contributed by atoms with Crippen LogP contribution in [0.4, 0.5) is 0 Å². The van der Waals surface area contributed by atoms with Gasteiger partial charge in [0.1, 0.15) is 0 Å². The molecule has 0 aromatic rings. The fourth-order valence-corrected chi connectivity index (χ4v) is 0.699. The van der Waals surface area contributed by atoms with Crippen LogP contribution in [0.5, 0.6) is 0 Å². The number of hydrogen-bond donors (Lipinski definition) is 1. The predicted molar refractivity (Wildman–Crippen MR) is 30.0 cm³/mol. The largest absolute Gasteiger partial charge is 0.355 e. The lowest BCUT2D eigenvalue weighted by molar-refractivity contribution is 0.0401. The van der Waals surface area contributed by atoms with E-state index in [9.17, 15) is 0 Å². The number of aliphatic hydroxyl groups excluding tert-OH is 1. The summed E-state index contributed by atoms with van der Waals surface area (Å²) in [7, 11) is 0. The Bertz CT molecular complexity index is 62.9. The summed E-state index contributed by atoms with van der Waals surface area (Å²) in [5.41, 5.74) is 0. The van der Waals surface area contributed by atoms with Gasteiger partial charge in [0.2, 0.25) is 0 Å². The Hall–Kier alpha value is -0.210. The Balaban J connectivity index is 2.28. The maximum atomic E-state index is 9.00. The summed E-state index contributed by atoms with van der Waals surface area (Å²) in [6, 6.07) is 0. The highest BCUT2D eigenvalue weighted by Crippen LogP contribution is 2.14. The molecule has 0 saturated carbocycles. The van der Waals surface area contributed by atoms with Crippen molar-refractivity contribution in [2.75, 3.05) is 13.2 Å². The Morgan fingerprint density at radius 3 is 2.88 bits per heavy atom. The topological polar surface area (TPSA) is 29.5 Å². The minimum atomic E-state index is -0.316. The normalized spacial score (nSPS) is 30.8. The minimum Gasteiger partial charge on any atom is -0.355 e. The molecule has 0 aromatic carbocycles. The average Bonchev–Trinajstić information content (AvgIpc) is 1.77. The number of hydrogen-bond acceptors (Lipinski definition) is 2. The second kappa shape index (κ2) is 2.37. The van der Waals surface area contributed by atoms with Crippen LogP contribution in [0.1, 0.15) is 6.42 Å².